The molecule has 0 heterocycles. The largest absolute Gasteiger partial charge is 0.480 e. The fourth-order valence-corrected chi connectivity index (χ4v) is 1.13. The highest BCUT2D eigenvalue weighted by Gasteiger charge is 2.14. The lowest BCUT2D eigenvalue weighted by Crippen LogP contribution is -2.42. The first-order chi connectivity index (χ1) is 5.07. The number of rotatable bonds is 5. The Kier molecular flexibility index (Phi) is 5.01. The zero-order valence-electron chi connectivity index (χ0n) is 6.24. The van der Waals surface area contributed by atoms with Crippen LogP contribution < -0.4 is 11.3 Å². The summed E-state index contributed by atoms with van der Waals surface area (Å²) in [5.74, 6) is 4.26. The summed E-state index contributed by atoms with van der Waals surface area (Å²) in [4.78, 5) is 10.3. The van der Waals surface area contributed by atoms with Crippen molar-refractivity contribution < 1.29 is 14.1 Å². The van der Waals surface area contributed by atoms with Crippen LogP contribution in [0.2, 0.25) is 0 Å². The molecule has 0 rings (SSSR count). The average molecular weight is 180 g/mol. The Morgan fingerprint density at radius 1 is 1.82 bits per heavy atom. The van der Waals surface area contributed by atoms with E-state index in [2.05, 4.69) is 5.43 Å². The Hall–Kier alpha value is -0.460. The lowest BCUT2D eigenvalue weighted by Gasteiger charge is -2.08. The molecule has 11 heavy (non-hydrogen) atoms. The minimum Gasteiger partial charge on any atom is -0.480 e. The van der Waals surface area contributed by atoms with Crippen LogP contribution >= 0.6 is 0 Å². The van der Waals surface area contributed by atoms with Crippen LogP contribution in [0.5, 0.6) is 0 Å². The van der Waals surface area contributed by atoms with Crippen molar-refractivity contribution in [2.75, 3.05) is 12.0 Å². The van der Waals surface area contributed by atoms with Crippen LogP contribution in [-0.2, 0) is 15.6 Å². The van der Waals surface area contributed by atoms with Crippen LogP contribution in [0.4, 0.5) is 0 Å². The molecule has 0 saturated carbocycles. The third-order valence-corrected chi connectivity index (χ3v) is 2.00. The average Bonchev–Trinajstić information content (AvgIpc) is 1.87. The summed E-state index contributed by atoms with van der Waals surface area (Å²) in [6, 6.07) is -0.793. The fraction of sp³-hybridized carbons (Fsp3) is 0.800. The van der Waals surface area contributed by atoms with Gasteiger partial charge in [-0.2, -0.15) is 0 Å². The van der Waals surface area contributed by atoms with E-state index in [1.54, 1.807) is 0 Å². The topological polar surface area (TPSA) is 92.4 Å². The molecule has 1 unspecified atom stereocenters. The first-order valence-electron chi connectivity index (χ1n) is 3.07. The maximum absolute atomic E-state index is 10.5. The number of aliphatic carboxylic acids is 1. The second-order valence-corrected chi connectivity index (χ2v) is 3.68. The van der Waals surface area contributed by atoms with Crippen molar-refractivity contribution in [3.8, 4) is 0 Å². The predicted molar refractivity (Wildman–Crippen MR) is 42.3 cm³/mol. The summed E-state index contributed by atoms with van der Waals surface area (Å²) in [5.41, 5.74) is 2.12. The molecule has 2 atom stereocenters. The smallest absolute Gasteiger partial charge is 0.322 e. The molecule has 0 aromatic heterocycles. The zero-order chi connectivity index (χ0) is 8.85. The van der Waals surface area contributed by atoms with Crippen LogP contribution in [0.15, 0.2) is 0 Å². The molecular formula is C5H12N2O3S. The highest BCUT2D eigenvalue weighted by atomic mass is 32.2. The van der Waals surface area contributed by atoms with Gasteiger partial charge in [-0.1, -0.05) is 0 Å². The summed E-state index contributed by atoms with van der Waals surface area (Å²) >= 11 is 0. The number of carboxylic acids is 1. The van der Waals surface area contributed by atoms with Crippen LogP contribution in [0.3, 0.4) is 0 Å². The van der Waals surface area contributed by atoms with Crippen molar-refractivity contribution >= 4 is 16.8 Å². The summed E-state index contributed by atoms with van der Waals surface area (Å²) in [5, 5.41) is 8.44. The highest BCUT2D eigenvalue weighted by Crippen LogP contribution is 1.92. The Labute approximate surface area is 67.4 Å². The molecule has 0 aliphatic heterocycles. The molecule has 0 aromatic carbocycles. The van der Waals surface area contributed by atoms with E-state index in [1.165, 1.54) is 6.26 Å². The molecule has 0 spiro atoms. The summed E-state index contributed by atoms with van der Waals surface area (Å²) < 4.78 is 10.5. The first kappa shape index (κ1) is 10.5. The quantitative estimate of drug-likeness (QED) is 0.360. The third kappa shape index (κ3) is 4.88. The van der Waals surface area contributed by atoms with Gasteiger partial charge in [0, 0.05) is 22.8 Å². The van der Waals surface area contributed by atoms with Crippen molar-refractivity contribution in [3.05, 3.63) is 0 Å². The van der Waals surface area contributed by atoms with Gasteiger partial charge in [0.1, 0.15) is 6.04 Å². The van der Waals surface area contributed by atoms with Crippen LogP contribution in [-0.4, -0.2) is 33.3 Å². The standard InChI is InChI=1S/C5H12N2O3S/c1-11(10)3-2-4(7-6)5(8)9/h4,7H,2-3,6H2,1H3,(H,8,9)/t4-,11?/m0/s1. The second-order valence-electron chi connectivity index (χ2n) is 2.12. The van der Waals surface area contributed by atoms with Gasteiger partial charge in [-0.3, -0.25) is 14.8 Å². The van der Waals surface area contributed by atoms with E-state index < -0.39 is 22.8 Å². The molecule has 66 valence electrons. The van der Waals surface area contributed by atoms with Gasteiger partial charge in [0.2, 0.25) is 0 Å². The molecule has 0 amide bonds. The number of nitrogens with two attached hydrogens (primary N) is 1. The van der Waals surface area contributed by atoms with Gasteiger partial charge in [0.25, 0.3) is 0 Å². The minimum absolute atomic E-state index is 0.287. The maximum Gasteiger partial charge on any atom is 0.322 e. The molecule has 0 aliphatic carbocycles. The van der Waals surface area contributed by atoms with Gasteiger partial charge in [0.05, 0.1) is 0 Å². The fourth-order valence-electron chi connectivity index (χ4n) is 0.562. The van der Waals surface area contributed by atoms with Crippen LogP contribution in [0.25, 0.3) is 0 Å². The summed E-state index contributed by atoms with van der Waals surface area (Å²) in [6.07, 6.45) is 1.81. The molecule has 0 aromatic rings. The molecule has 6 heteroatoms. The SMILES string of the molecule is CS(=O)CC[C@H](NN)C(=O)O. The molecule has 0 bridgehead atoms. The molecule has 0 aliphatic rings. The molecule has 4 N–H and O–H groups in total. The van der Waals surface area contributed by atoms with Gasteiger partial charge in [0.15, 0.2) is 0 Å². The van der Waals surface area contributed by atoms with E-state index in [0.717, 1.165) is 0 Å². The van der Waals surface area contributed by atoms with Crippen molar-refractivity contribution in [2.24, 2.45) is 5.84 Å². The number of nitrogens with one attached hydrogen (secondary N) is 1. The van der Waals surface area contributed by atoms with Gasteiger partial charge in [-0.15, -0.1) is 0 Å². The number of carboxylic acid groups (broad SMARTS) is 1. The van der Waals surface area contributed by atoms with Gasteiger partial charge in [-0.05, 0) is 6.42 Å². The number of hydrazine groups is 1. The first-order valence-corrected chi connectivity index (χ1v) is 4.79. The van der Waals surface area contributed by atoms with E-state index in [0.29, 0.717) is 5.75 Å². The lowest BCUT2D eigenvalue weighted by atomic mass is 10.2. The summed E-state index contributed by atoms with van der Waals surface area (Å²) in [7, 11) is -0.963. The number of carbonyl (C=O) groups is 1. The van der Waals surface area contributed by atoms with E-state index >= 15 is 0 Å². The highest BCUT2D eigenvalue weighted by molar-refractivity contribution is 7.84. The van der Waals surface area contributed by atoms with E-state index in [4.69, 9.17) is 10.9 Å². The van der Waals surface area contributed by atoms with Crippen molar-refractivity contribution in [3.63, 3.8) is 0 Å². The van der Waals surface area contributed by atoms with Crippen molar-refractivity contribution in [1.29, 1.82) is 0 Å². The number of hydrogen-bond donors (Lipinski definition) is 3. The lowest BCUT2D eigenvalue weighted by molar-refractivity contribution is -0.139. The number of hydrogen-bond acceptors (Lipinski definition) is 4. The van der Waals surface area contributed by atoms with E-state index in [1.807, 2.05) is 0 Å². The van der Waals surface area contributed by atoms with Gasteiger partial charge >= 0.3 is 5.97 Å². The zero-order valence-corrected chi connectivity index (χ0v) is 7.06. The van der Waals surface area contributed by atoms with Gasteiger partial charge < -0.3 is 5.11 Å². The van der Waals surface area contributed by atoms with E-state index in [9.17, 15) is 9.00 Å². The van der Waals surface area contributed by atoms with Crippen LogP contribution in [0.1, 0.15) is 6.42 Å². The monoisotopic (exact) mass is 180 g/mol. The minimum atomic E-state index is -1.02. The third-order valence-electron chi connectivity index (χ3n) is 1.19. The Morgan fingerprint density at radius 3 is 2.64 bits per heavy atom. The molecule has 0 radical (unpaired) electrons. The van der Waals surface area contributed by atoms with E-state index in [-0.39, 0.29) is 6.42 Å². The molecule has 5 nitrogen and oxygen atoms in total. The second kappa shape index (κ2) is 5.22. The Bertz CT molecular complexity index is 162. The molecule has 0 fully saturated rings. The summed E-state index contributed by atoms with van der Waals surface area (Å²) in [6.45, 7) is 0. The maximum atomic E-state index is 10.5. The van der Waals surface area contributed by atoms with Gasteiger partial charge in [-0.25, -0.2) is 5.43 Å². The molecule has 0 saturated heterocycles. The Balaban J connectivity index is 3.70. The van der Waals surface area contributed by atoms with Crippen molar-refractivity contribution in [2.45, 2.75) is 12.5 Å². The normalized spacial score (nSPS) is 15.8. The van der Waals surface area contributed by atoms with Crippen LogP contribution in [0, 0.1) is 0 Å². The molecular weight excluding hydrogens is 168 g/mol. The Morgan fingerprint density at radius 2 is 2.36 bits per heavy atom. The predicted octanol–water partition coefficient (Wildman–Crippen LogP) is -1.33. The van der Waals surface area contributed by atoms with Crippen molar-refractivity contribution in [1.82, 2.24) is 5.43 Å².